The van der Waals surface area contributed by atoms with E-state index in [1.54, 1.807) is 24.3 Å². The van der Waals surface area contributed by atoms with Gasteiger partial charge in [0.05, 0.1) is 23.3 Å². The molecule has 1 rings (SSSR count). The summed E-state index contributed by atoms with van der Waals surface area (Å²) >= 11 is 0. The quantitative estimate of drug-likeness (QED) is 0.703. The highest BCUT2D eigenvalue weighted by atomic mass is 14.3. The van der Waals surface area contributed by atoms with Gasteiger partial charge in [0.2, 0.25) is 0 Å². The summed E-state index contributed by atoms with van der Waals surface area (Å²) in [7, 11) is 0. The highest BCUT2D eigenvalue weighted by molar-refractivity contribution is 5.51. The van der Waals surface area contributed by atoms with Crippen LogP contribution < -0.4 is 0 Å². The van der Waals surface area contributed by atoms with E-state index in [2.05, 4.69) is 12.6 Å². The summed E-state index contributed by atoms with van der Waals surface area (Å²) in [5, 5.41) is 17.6. The van der Waals surface area contributed by atoms with Crippen molar-refractivity contribution in [2.75, 3.05) is 0 Å². The molecule has 0 saturated carbocycles. The molecule has 0 aliphatic rings. The molecule has 2 heteroatoms. The number of allylic oxidation sites excluding steroid dienone is 1. The Morgan fingerprint density at radius 3 is 2.57 bits per heavy atom. The molecule has 0 fully saturated rings. The predicted octanol–water partition coefficient (Wildman–Crippen LogP) is 2.56. The number of hydrogen-bond donors (Lipinski definition) is 0. The third kappa shape index (κ3) is 1.81. The van der Waals surface area contributed by atoms with Gasteiger partial charge in [0.25, 0.3) is 0 Å². The lowest BCUT2D eigenvalue weighted by Gasteiger charge is -2.07. The Hall–Kier alpha value is -2.06. The molecule has 0 spiro atoms. The molecule has 0 atom stereocenters. The molecule has 1 radical (unpaired) electrons. The maximum atomic E-state index is 8.85. The Morgan fingerprint density at radius 2 is 2.07 bits per heavy atom. The minimum absolute atomic E-state index is 0.556. The topological polar surface area (TPSA) is 47.6 Å². The predicted molar refractivity (Wildman–Crippen MR) is 54.1 cm³/mol. The van der Waals surface area contributed by atoms with E-state index in [9.17, 15) is 0 Å². The van der Waals surface area contributed by atoms with Crippen LogP contribution in [0, 0.1) is 28.6 Å². The van der Waals surface area contributed by atoms with E-state index < -0.39 is 0 Å². The van der Waals surface area contributed by atoms with Crippen molar-refractivity contribution < 1.29 is 0 Å². The smallest absolute Gasteiger partial charge is 0.0994 e. The number of hydrogen-bond acceptors (Lipinski definition) is 2. The average Bonchev–Trinajstić information content (AvgIpc) is 2.27. The number of nitrogens with zero attached hydrogens (tertiary/aromatic N) is 2. The number of benzene rings is 1. The molecular weight excluding hydrogens is 172 g/mol. The molecule has 0 heterocycles. The lowest BCUT2D eigenvalue weighted by Crippen LogP contribution is -1.95. The summed E-state index contributed by atoms with van der Waals surface area (Å²) in [4.78, 5) is 0. The van der Waals surface area contributed by atoms with Gasteiger partial charge in [-0.15, -0.1) is 6.58 Å². The number of rotatable bonds is 2. The molecule has 67 valence electrons. The summed E-state index contributed by atoms with van der Waals surface area (Å²) in [5.41, 5.74) is 1.91. The average molecular weight is 181 g/mol. The second-order valence-corrected chi connectivity index (χ2v) is 2.87. The van der Waals surface area contributed by atoms with E-state index in [1.807, 2.05) is 13.0 Å². The molecule has 0 aromatic heterocycles. The first-order chi connectivity index (χ1) is 6.72. The van der Waals surface area contributed by atoms with Crippen LogP contribution in [0.4, 0.5) is 0 Å². The first-order valence-corrected chi connectivity index (χ1v) is 4.13. The van der Waals surface area contributed by atoms with Crippen LogP contribution in [0.15, 0.2) is 30.9 Å². The van der Waals surface area contributed by atoms with Crippen molar-refractivity contribution in [2.24, 2.45) is 0 Å². The van der Waals surface area contributed by atoms with Gasteiger partial charge >= 0.3 is 0 Å². The van der Waals surface area contributed by atoms with Crippen LogP contribution in [-0.4, -0.2) is 0 Å². The summed E-state index contributed by atoms with van der Waals surface area (Å²) in [6.07, 6.45) is 1.68. The van der Waals surface area contributed by atoms with Gasteiger partial charge in [-0.05, 0) is 23.8 Å². The van der Waals surface area contributed by atoms with E-state index in [0.29, 0.717) is 11.1 Å². The summed E-state index contributed by atoms with van der Waals surface area (Å²) < 4.78 is 0. The Bertz CT molecular complexity index is 433. The molecule has 0 amide bonds. The maximum Gasteiger partial charge on any atom is 0.0994 e. The van der Waals surface area contributed by atoms with E-state index in [1.165, 1.54) is 0 Å². The van der Waals surface area contributed by atoms with Crippen molar-refractivity contribution in [3.05, 3.63) is 53.5 Å². The van der Waals surface area contributed by atoms with Gasteiger partial charge in [0.1, 0.15) is 0 Å². The van der Waals surface area contributed by atoms with E-state index in [0.717, 1.165) is 11.5 Å². The minimum atomic E-state index is 0.556. The largest absolute Gasteiger partial charge is 0.192 e. The SMILES string of the molecule is C=C[C](C)c1cc(C#N)ccc1C#N. The highest BCUT2D eigenvalue weighted by Gasteiger charge is 2.08. The Labute approximate surface area is 83.7 Å². The van der Waals surface area contributed by atoms with Crippen LogP contribution in [0.2, 0.25) is 0 Å². The Morgan fingerprint density at radius 1 is 1.36 bits per heavy atom. The van der Waals surface area contributed by atoms with Gasteiger partial charge in [0.15, 0.2) is 0 Å². The third-order valence-corrected chi connectivity index (χ3v) is 2.00. The van der Waals surface area contributed by atoms with Gasteiger partial charge in [0, 0.05) is 5.92 Å². The normalized spacial score (nSPS) is 9.14. The van der Waals surface area contributed by atoms with Crippen molar-refractivity contribution >= 4 is 0 Å². The van der Waals surface area contributed by atoms with Crippen LogP contribution in [0.25, 0.3) is 0 Å². The van der Waals surface area contributed by atoms with Crippen molar-refractivity contribution in [3.63, 3.8) is 0 Å². The molecule has 0 N–H and O–H groups in total. The molecular formula is C12H9N2. The molecule has 0 bridgehead atoms. The molecule has 1 aromatic rings. The summed E-state index contributed by atoms with van der Waals surface area (Å²) in [5.74, 6) is 0.902. The van der Waals surface area contributed by atoms with Gasteiger partial charge in [-0.3, -0.25) is 0 Å². The first-order valence-electron chi connectivity index (χ1n) is 4.13. The first kappa shape index (κ1) is 10.0. The zero-order valence-corrected chi connectivity index (χ0v) is 7.91. The molecule has 1 aromatic carbocycles. The Balaban J connectivity index is 3.31. The fraction of sp³-hybridized carbons (Fsp3) is 0.0833. The minimum Gasteiger partial charge on any atom is -0.192 e. The van der Waals surface area contributed by atoms with Crippen molar-refractivity contribution in [3.8, 4) is 12.1 Å². The molecule has 0 saturated heterocycles. The molecule has 0 aliphatic carbocycles. The fourth-order valence-electron chi connectivity index (χ4n) is 1.15. The van der Waals surface area contributed by atoms with Crippen molar-refractivity contribution in [1.29, 1.82) is 10.5 Å². The van der Waals surface area contributed by atoms with Gasteiger partial charge < -0.3 is 0 Å². The van der Waals surface area contributed by atoms with E-state index in [4.69, 9.17) is 10.5 Å². The van der Waals surface area contributed by atoms with Gasteiger partial charge in [-0.2, -0.15) is 10.5 Å². The summed E-state index contributed by atoms with van der Waals surface area (Å²) in [6.45, 7) is 5.50. The molecule has 2 nitrogen and oxygen atoms in total. The monoisotopic (exact) mass is 181 g/mol. The van der Waals surface area contributed by atoms with Crippen LogP contribution in [0.5, 0.6) is 0 Å². The van der Waals surface area contributed by atoms with Crippen LogP contribution >= 0.6 is 0 Å². The third-order valence-electron chi connectivity index (χ3n) is 2.00. The van der Waals surface area contributed by atoms with Crippen LogP contribution in [0.3, 0.4) is 0 Å². The van der Waals surface area contributed by atoms with Crippen molar-refractivity contribution in [2.45, 2.75) is 6.92 Å². The maximum absolute atomic E-state index is 8.85. The van der Waals surface area contributed by atoms with Crippen LogP contribution in [-0.2, 0) is 0 Å². The Kier molecular flexibility index (Phi) is 3.05. The lowest BCUT2D eigenvalue weighted by atomic mass is 9.94. The van der Waals surface area contributed by atoms with Gasteiger partial charge in [-0.1, -0.05) is 13.0 Å². The molecule has 14 heavy (non-hydrogen) atoms. The van der Waals surface area contributed by atoms with Gasteiger partial charge in [-0.25, -0.2) is 0 Å². The fourth-order valence-corrected chi connectivity index (χ4v) is 1.15. The lowest BCUT2D eigenvalue weighted by molar-refractivity contribution is 1.23. The number of nitriles is 2. The standard InChI is InChI=1S/C12H9N2/c1-3-9(2)12-6-10(7-13)4-5-11(12)8-14/h3-6H,1H2,2H3. The van der Waals surface area contributed by atoms with Crippen LogP contribution in [0.1, 0.15) is 23.6 Å². The van der Waals surface area contributed by atoms with Crippen molar-refractivity contribution in [1.82, 2.24) is 0 Å². The second-order valence-electron chi connectivity index (χ2n) is 2.87. The molecule has 0 aliphatic heterocycles. The zero-order valence-electron chi connectivity index (χ0n) is 7.91. The van der Waals surface area contributed by atoms with E-state index in [-0.39, 0.29) is 0 Å². The zero-order chi connectivity index (χ0) is 10.6. The van der Waals surface area contributed by atoms with E-state index >= 15 is 0 Å². The second kappa shape index (κ2) is 4.25. The summed E-state index contributed by atoms with van der Waals surface area (Å²) in [6, 6.07) is 9.12. The molecule has 0 unspecified atom stereocenters. The highest BCUT2D eigenvalue weighted by Crippen LogP contribution is 2.20.